The largest absolute Gasteiger partial charge is 0.397 e. The summed E-state index contributed by atoms with van der Waals surface area (Å²) in [6.45, 7) is 3.37. The van der Waals surface area contributed by atoms with E-state index in [0.717, 1.165) is 51.4 Å². The third-order valence-corrected chi connectivity index (χ3v) is 9.79. The Morgan fingerprint density at radius 3 is 1.80 bits per heavy atom. The van der Waals surface area contributed by atoms with E-state index in [1.165, 1.54) is 77.0 Å². The van der Waals surface area contributed by atoms with E-state index in [0.29, 0.717) is 12.8 Å². The van der Waals surface area contributed by atoms with Gasteiger partial charge in [-0.3, -0.25) is 9.35 Å². The molecule has 1 amide bonds. The van der Waals surface area contributed by atoms with Gasteiger partial charge in [0.2, 0.25) is 5.91 Å². The van der Waals surface area contributed by atoms with Crippen molar-refractivity contribution in [3.05, 3.63) is 12.2 Å². The van der Waals surface area contributed by atoms with Gasteiger partial charge in [-0.15, -0.1) is 0 Å². The molecule has 0 radical (unpaired) electrons. The van der Waals surface area contributed by atoms with E-state index in [4.69, 9.17) is 14.0 Å². The van der Waals surface area contributed by atoms with Crippen LogP contribution >= 0.6 is 0 Å². The number of amides is 1. The molecule has 296 valence electrons. The fourth-order valence-corrected chi connectivity index (χ4v) is 6.72. The van der Waals surface area contributed by atoms with E-state index in [2.05, 4.69) is 35.5 Å². The van der Waals surface area contributed by atoms with Crippen molar-refractivity contribution in [3.8, 4) is 0 Å². The second kappa shape index (κ2) is 29.3. The average Bonchev–Trinajstić information content (AvgIpc) is 3.08. The van der Waals surface area contributed by atoms with Gasteiger partial charge in [-0.1, -0.05) is 129 Å². The highest BCUT2D eigenvalue weighted by Gasteiger charge is 2.48. The van der Waals surface area contributed by atoms with Gasteiger partial charge in [-0.2, -0.15) is 8.42 Å². The van der Waals surface area contributed by atoms with Crippen molar-refractivity contribution in [2.45, 2.75) is 204 Å². The first-order chi connectivity index (χ1) is 24.0. The van der Waals surface area contributed by atoms with Gasteiger partial charge in [-0.05, 0) is 38.5 Å². The summed E-state index contributed by atoms with van der Waals surface area (Å²) in [5.41, 5.74) is 0. The Morgan fingerprint density at radius 1 is 0.780 bits per heavy atom. The molecule has 6 N–H and O–H groups in total. The number of carbonyl (C=O) groups is 1. The van der Waals surface area contributed by atoms with Crippen LogP contribution in [-0.2, 0) is 28.9 Å². The Morgan fingerprint density at radius 2 is 1.28 bits per heavy atom. The van der Waals surface area contributed by atoms with Crippen LogP contribution in [0.25, 0.3) is 0 Å². The number of unbranched alkanes of at least 4 members (excludes halogenated alkanes) is 18. The van der Waals surface area contributed by atoms with E-state index in [-0.39, 0.29) is 18.9 Å². The Balaban J connectivity index is 2.61. The maximum Gasteiger partial charge on any atom is 0.397 e. The highest BCUT2D eigenvalue weighted by Crippen LogP contribution is 2.26. The van der Waals surface area contributed by atoms with Crippen LogP contribution in [0.3, 0.4) is 0 Å². The van der Waals surface area contributed by atoms with Crippen molar-refractivity contribution in [2.75, 3.05) is 13.2 Å². The number of aliphatic hydroxyl groups excluding tert-OH is 4. The van der Waals surface area contributed by atoms with Crippen LogP contribution in [0.15, 0.2) is 12.2 Å². The molecule has 50 heavy (non-hydrogen) atoms. The Kier molecular flexibility index (Phi) is 27.5. The molecule has 1 heterocycles. The minimum atomic E-state index is -5.07. The number of hydrogen-bond donors (Lipinski definition) is 6. The van der Waals surface area contributed by atoms with Gasteiger partial charge in [0.25, 0.3) is 0 Å². The van der Waals surface area contributed by atoms with Crippen molar-refractivity contribution >= 4 is 16.3 Å². The second-order valence-electron chi connectivity index (χ2n) is 13.9. The molecule has 0 spiro atoms. The van der Waals surface area contributed by atoms with E-state index in [1.807, 2.05) is 0 Å². The highest BCUT2D eigenvalue weighted by molar-refractivity contribution is 7.80. The molecule has 7 unspecified atom stereocenters. The Bertz CT molecular complexity index is 967. The fraction of sp³-hybridized carbons (Fsp3) is 0.919. The monoisotopic (exact) mass is 737 g/mol. The normalized spacial score (nSPS) is 22.6. The lowest BCUT2D eigenvalue weighted by Gasteiger charge is -2.41. The number of ether oxygens (including phenoxy) is 2. The number of rotatable bonds is 32. The second-order valence-corrected chi connectivity index (χ2v) is 14.9. The summed E-state index contributed by atoms with van der Waals surface area (Å²) < 4.78 is 47.3. The van der Waals surface area contributed by atoms with E-state index in [1.54, 1.807) is 0 Å². The third kappa shape index (κ3) is 22.7. The Hall–Kier alpha value is -1.16. The first-order valence-corrected chi connectivity index (χ1v) is 20.9. The number of carbonyl (C=O) groups excluding carboxylic acids is 1. The third-order valence-electron chi connectivity index (χ3n) is 9.32. The van der Waals surface area contributed by atoms with Crippen LogP contribution in [0.1, 0.15) is 162 Å². The highest BCUT2D eigenvalue weighted by atomic mass is 32.3. The van der Waals surface area contributed by atoms with Crippen LogP contribution < -0.4 is 5.32 Å². The van der Waals surface area contributed by atoms with Crippen LogP contribution in [0.5, 0.6) is 0 Å². The molecule has 1 rings (SSSR count). The van der Waals surface area contributed by atoms with Crippen molar-refractivity contribution in [2.24, 2.45) is 0 Å². The van der Waals surface area contributed by atoms with Crippen LogP contribution in [0.4, 0.5) is 0 Å². The zero-order chi connectivity index (χ0) is 37.0. The average molecular weight is 738 g/mol. The molecule has 0 saturated carbocycles. The quantitative estimate of drug-likeness (QED) is 0.0268. The maximum atomic E-state index is 12.9. The van der Waals surface area contributed by atoms with E-state index >= 15 is 0 Å². The molecule has 0 aromatic carbocycles. The molecule has 1 fully saturated rings. The summed E-state index contributed by atoms with van der Waals surface area (Å²) in [6, 6.07) is -0.859. The summed E-state index contributed by atoms with van der Waals surface area (Å²) in [6.07, 6.45) is 19.4. The van der Waals surface area contributed by atoms with E-state index < -0.39 is 59.9 Å². The summed E-state index contributed by atoms with van der Waals surface area (Å²) in [7, 11) is -5.07. The lowest BCUT2D eigenvalue weighted by atomic mass is 9.99. The molecule has 12 nitrogen and oxygen atoms in total. The SMILES string of the molecule is CCCCCCCC/C=C\CCCCCC(=O)NC(COC1OC(CO)C(O)C(OS(=O)(=O)O)C1O)C(O)CCCCCCCCCCCC. The lowest BCUT2D eigenvalue weighted by Crippen LogP contribution is -2.61. The molecule has 1 aliphatic heterocycles. The van der Waals surface area contributed by atoms with Gasteiger partial charge in [-0.25, -0.2) is 4.18 Å². The van der Waals surface area contributed by atoms with Gasteiger partial charge in [0.05, 0.1) is 25.4 Å². The Labute approximate surface area is 302 Å². The molecule has 13 heteroatoms. The van der Waals surface area contributed by atoms with Crippen LogP contribution in [-0.4, -0.2) is 95.4 Å². The van der Waals surface area contributed by atoms with Crippen molar-refractivity contribution in [1.82, 2.24) is 5.32 Å². The molecule has 0 aliphatic carbocycles. The van der Waals surface area contributed by atoms with Crippen molar-refractivity contribution < 1.29 is 51.8 Å². The molecule has 0 aromatic rings. The minimum Gasteiger partial charge on any atom is -0.394 e. The molecular weight excluding hydrogens is 666 g/mol. The first kappa shape index (κ1) is 46.9. The van der Waals surface area contributed by atoms with Crippen LogP contribution in [0, 0.1) is 0 Å². The zero-order valence-electron chi connectivity index (χ0n) is 31.0. The summed E-state index contributed by atoms with van der Waals surface area (Å²) in [4.78, 5) is 12.9. The number of hydrogen-bond acceptors (Lipinski definition) is 10. The maximum absolute atomic E-state index is 12.9. The molecule has 1 saturated heterocycles. The minimum absolute atomic E-state index is 0.249. The molecule has 0 bridgehead atoms. The van der Waals surface area contributed by atoms with Gasteiger partial charge in [0.1, 0.15) is 24.4 Å². The first-order valence-electron chi connectivity index (χ1n) is 19.6. The van der Waals surface area contributed by atoms with E-state index in [9.17, 15) is 33.6 Å². The smallest absolute Gasteiger partial charge is 0.394 e. The van der Waals surface area contributed by atoms with Crippen LogP contribution in [0.2, 0.25) is 0 Å². The summed E-state index contributed by atoms with van der Waals surface area (Å²) >= 11 is 0. The summed E-state index contributed by atoms with van der Waals surface area (Å²) in [5, 5.41) is 44.5. The summed E-state index contributed by atoms with van der Waals surface area (Å²) in [5.74, 6) is -0.249. The topological polar surface area (TPSA) is 192 Å². The fourth-order valence-electron chi connectivity index (χ4n) is 6.22. The van der Waals surface area contributed by atoms with Crippen molar-refractivity contribution in [1.29, 1.82) is 0 Å². The van der Waals surface area contributed by atoms with Gasteiger partial charge < -0.3 is 35.2 Å². The molecule has 7 atom stereocenters. The van der Waals surface area contributed by atoms with Gasteiger partial charge >= 0.3 is 10.4 Å². The number of aliphatic hydroxyl groups is 4. The zero-order valence-corrected chi connectivity index (χ0v) is 31.8. The standard InChI is InChI=1S/C37H71NO11S/c1-3-5-7-9-11-13-15-16-17-19-21-23-25-27-33(41)38-30(31(40)26-24-22-20-18-14-12-10-8-6-4-2)29-47-37-35(43)36(49-50(44,45)46)34(42)32(28-39)48-37/h16-17,30-32,34-37,39-40,42-43H,3-15,18-29H2,1-2H3,(H,38,41)(H,44,45,46)/b17-16-. The van der Waals surface area contributed by atoms with Crippen molar-refractivity contribution in [3.63, 3.8) is 0 Å². The van der Waals surface area contributed by atoms with Gasteiger partial charge in [0.15, 0.2) is 6.29 Å². The number of allylic oxidation sites excluding steroid dienone is 2. The number of nitrogens with one attached hydrogen (secondary N) is 1. The molecular formula is C37H71NO11S. The lowest BCUT2D eigenvalue weighted by molar-refractivity contribution is -0.298. The van der Waals surface area contributed by atoms with Gasteiger partial charge in [0, 0.05) is 6.42 Å². The molecule has 0 aromatic heterocycles. The predicted molar refractivity (Wildman–Crippen MR) is 195 cm³/mol. The molecule has 1 aliphatic rings. The predicted octanol–water partition coefficient (Wildman–Crippen LogP) is 6.04.